The van der Waals surface area contributed by atoms with E-state index in [0.29, 0.717) is 13.2 Å². The minimum Gasteiger partial charge on any atom is -0.466 e. The predicted molar refractivity (Wildman–Crippen MR) is 112 cm³/mol. The molecule has 0 bridgehead atoms. The molecule has 0 amide bonds. The van der Waals surface area contributed by atoms with E-state index in [4.69, 9.17) is 9.47 Å². The van der Waals surface area contributed by atoms with Crippen LogP contribution in [-0.4, -0.2) is 31.4 Å². The Labute approximate surface area is 171 Å². The molecule has 0 aliphatic carbocycles. The number of rotatable bonds is 20. The Hall–Kier alpha value is -1.39. The van der Waals surface area contributed by atoms with Gasteiger partial charge in [0.1, 0.15) is 6.29 Å². The van der Waals surface area contributed by atoms with Crippen molar-refractivity contribution in [1.82, 2.24) is 0 Å². The molecule has 5 nitrogen and oxygen atoms in total. The molecular weight excluding hydrogens is 356 g/mol. The van der Waals surface area contributed by atoms with Gasteiger partial charge in [0, 0.05) is 19.3 Å². The highest BCUT2D eigenvalue weighted by Crippen LogP contribution is 2.15. The molecule has 0 aliphatic rings. The van der Waals surface area contributed by atoms with Crippen molar-refractivity contribution in [2.75, 3.05) is 13.2 Å². The molecule has 0 aromatic heterocycles. The first-order chi connectivity index (χ1) is 13.6. The van der Waals surface area contributed by atoms with Crippen molar-refractivity contribution in [2.45, 2.75) is 110 Å². The lowest BCUT2D eigenvalue weighted by Crippen LogP contribution is -2.18. The van der Waals surface area contributed by atoms with Crippen molar-refractivity contribution in [3.8, 4) is 0 Å². The van der Waals surface area contributed by atoms with Gasteiger partial charge in [-0.2, -0.15) is 0 Å². The Bertz CT molecular complexity index is 362. The minimum atomic E-state index is -0.330. The fraction of sp³-hybridized carbons (Fsp3) is 0.870. The standard InChI is InChI=1S/C23H42O5/c1-3-5-7-9-11-13-17-27-22(25)19-21(15-16-24)20-23(26)28-18-14-12-10-8-6-4-2/h16,21H,3-15,17-20H2,1-2H3. The summed E-state index contributed by atoms with van der Waals surface area (Å²) >= 11 is 0. The van der Waals surface area contributed by atoms with Crippen molar-refractivity contribution >= 4 is 18.2 Å². The number of hydrogen-bond acceptors (Lipinski definition) is 5. The first kappa shape index (κ1) is 26.6. The van der Waals surface area contributed by atoms with E-state index in [2.05, 4.69) is 13.8 Å². The third-order valence-electron chi connectivity index (χ3n) is 4.86. The van der Waals surface area contributed by atoms with Crippen LogP contribution in [0.3, 0.4) is 0 Å². The molecule has 28 heavy (non-hydrogen) atoms. The second-order valence-corrected chi connectivity index (χ2v) is 7.65. The number of unbranched alkanes of at least 4 members (excludes halogenated alkanes) is 10. The average Bonchev–Trinajstić information content (AvgIpc) is 2.66. The SMILES string of the molecule is CCCCCCCCOC(=O)CC(CC=O)CC(=O)OCCCCCCCC. The van der Waals surface area contributed by atoms with E-state index in [1.165, 1.54) is 51.4 Å². The van der Waals surface area contributed by atoms with Crippen molar-refractivity contribution in [1.29, 1.82) is 0 Å². The van der Waals surface area contributed by atoms with E-state index in [-0.39, 0.29) is 37.1 Å². The van der Waals surface area contributed by atoms with E-state index in [9.17, 15) is 14.4 Å². The summed E-state index contributed by atoms with van der Waals surface area (Å²) < 4.78 is 10.5. The van der Waals surface area contributed by atoms with Crippen LogP contribution < -0.4 is 0 Å². The van der Waals surface area contributed by atoms with Crippen LogP contribution in [0.2, 0.25) is 0 Å². The summed E-state index contributed by atoms with van der Waals surface area (Å²) in [6.07, 6.45) is 14.7. The van der Waals surface area contributed by atoms with E-state index in [1.807, 2.05) is 0 Å². The smallest absolute Gasteiger partial charge is 0.306 e. The lowest BCUT2D eigenvalue weighted by molar-refractivity contribution is -0.147. The maximum Gasteiger partial charge on any atom is 0.306 e. The molecule has 0 rings (SSSR count). The van der Waals surface area contributed by atoms with Crippen molar-refractivity contribution in [2.24, 2.45) is 5.92 Å². The summed E-state index contributed by atoms with van der Waals surface area (Å²) in [6.45, 7) is 5.20. The highest BCUT2D eigenvalue weighted by atomic mass is 16.5. The molecule has 0 aromatic rings. The zero-order valence-electron chi connectivity index (χ0n) is 18.2. The molecule has 5 heteroatoms. The normalized spacial score (nSPS) is 10.8. The number of esters is 2. The quantitative estimate of drug-likeness (QED) is 0.148. The van der Waals surface area contributed by atoms with Crippen molar-refractivity contribution < 1.29 is 23.9 Å². The molecule has 0 saturated carbocycles. The fourth-order valence-corrected chi connectivity index (χ4v) is 3.10. The molecule has 0 unspecified atom stereocenters. The third kappa shape index (κ3) is 18.0. The summed E-state index contributed by atoms with van der Waals surface area (Å²) in [5.74, 6) is -0.986. The number of hydrogen-bond donors (Lipinski definition) is 0. The van der Waals surface area contributed by atoms with Crippen molar-refractivity contribution in [3.05, 3.63) is 0 Å². The maximum absolute atomic E-state index is 11.9. The predicted octanol–water partition coefficient (Wildman–Crippen LogP) is 5.78. The molecule has 0 aliphatic heterocycles. The van der Waals surface area contributed by atoms with Crippen LogP contribution in [0.5, 0.6) is 0 Å². The maximum atomic E-state index is 11.9. The third-order valence-corrected chi connectivity index (χ3v) is 4.86. The van der Waals surface area contributed by atoms with E-state index in [1.54, 1.807) is 0 Å². The zero-order valence-corrected chi connectivity index (χ0v) is 18.2. The molecule has 0 saturated heterocycles. The molecule has 0 atom stereocenters. The zero-order chi connectivity index (χ0) is 20.9. The molecule has 0 fully saturated rings. The summed E-state index contributed by atoms with van der Waals surface area (Å²) in [6, 6.07) is 0. The summed E-state index contributed by atoms with van der Waals surface area (Å²) in [5, 5.41) is 0. The molecule has 0 N–H and O–H groups in total. The van der Waals surface area contributed by atoms with Crippen LogP contribution in [-0.2, 0) is 23.9 Å². The van der Waals surface area contributed by atoms with Gasteiger partial charge in [-0.1, -0.05) is 78.1 Å². The van der Waals surface area contributed by atoms with E-state index < -0.39 is 0 Å². The molecular formula is C23H42O5. The number of carbonyl (C=O) groups is 3. The van der Waals surface area contributed by atoms with Crippen LogP contribution in [0.1, 0.15) is 110 Å². The van der Waals surface area contributed by atoms with E-state index in [0.717, 1.165) is 32.0 Å². The number of aldehydes is 1. The van der Waals surface area contributed by atoms with Gasteiger partial charge < -0.3 is 14.3 Å². The Morgan fingerprint density at radius 2 is 1.07 bits per heavy atom. The monoisotopic (exact) mass is 398 g/mol. The molecule has 0 spiro atoms. The first-order valence-electron chi connectivity index (χ1n) is 11.4. The van der Waals surface area contributed by atoms with Gasteiger partial charge in [0.05, 0.1) is 13.2 Å². The summed E-state index contributed by atoms with van der Waals surface area (Å²) in [7, 11) is 0. The van der Waals surface area contributed by atoms with Gasteiger partial charge in [-0.15, -0.1) is 0 Å². The highest BCUT2D eigenvalue weighted by molar-refractivity contribution is 5.74. The van der Waals surface area contributed by atoms with Crippen LogP contribution in [0.25, 0.3) is 0 Å². The molecule has 0 aromatic carbocycles. The first-order valence-corrected chi connectivity index (χ1v) is 11.4. The largest absolute Gasteiger partial charge is 0.466 e. The second kappa shape index (κ2) is 20.3. The fourth-order valence-electron chi connectivity index (χ4n) is 3.10. The Morgan fingerprint density at radius 1 is 0.679 bits per heavy atom. The van der Waals surface area contributed by atoms with Crippen LogP contribution in [0.15, 0.2) is 0 Å². The second-order valence-electron chi connectivity index (χ2n) is 7.65. The van der Waals surface area contributed by atoms with Gasteiger partial charge in [0.15, 0.2) is 0 Å². The number of ether oxygens (including phenoxy) is 2. The van der Waals surface area contributed by atoms with Gasteiger partial charge in [0.2, 0.25) is 0 Å². The van der Waals surface area contributed by atoms with E-state index >= 15 is 0 Å². The van der Waals surface area contributed by atoms with Gasteiger partial charge in [-0.3, -0.25) is 9.59 Å². The van der Waals surface area contributed by atoms with Crippen LogP contribution >= 0.6 is 0 Å². The lowest BCUT2D eigenvalue weighted by Gasteiger charge is -2.13. The van der Waals surface area contributed by atoms with Gasteiger partial charge in [0.25, 0.3) is 0 Å². The summed E-state index contributed by atoms with van der Waals surface area (Å²) in [5.41, 5.74) is 0. The Kier molecular flexibility index (Phi) is 19.3. The lowest BCUT2D eigenvalue weighted by atomic mass is 9.98. The van der Waals surface area contributed by atoms with Gasteiger partial charge in [-0.25, -0.2) is 0 Å². The Morgan fingerprint density at radius 3 is 1.46 bits per heavy atom. The minimum absolute atomic E-state index is 0.0979. The molecule has 0 radical (unpaired) electrons. The van der Waals surface area contributed by atoms with Crippen LogP contribution in [0.4, 0.5) is 0 Å². The number of carbonyl (C=O) groups excluding carboxylic acids is 3. The average molecular weight is 399 g/mol. The topological polar surface area (TPSA) is 69.7 Å². The highest BCUT2D eigenvalue weighted by Gasteiger charge is 2.19. The Balaban J connectivity index is 3.85. The van der Waals surface area contributed by atoms with Gasteiger partial charge >= 0.3 is 11.9 Å². The van der Waals surface area contributed by atoms with Crippen molar-refractivity contribution in [3.63, 3.8) is 0 Å². The van der Waals surface area contributed by atoms with Crippen LogP contribution in [0, 0.1) is 5.92 Å². The molecule has 164 valence electrons. The van der Waals surface area contributed by atoms with Gasteiger partial charge in [-0.05, 0) is 18.8 Å². The molecule has 0 heterocycles. The summed E-state index contributed by atoms with van der Waals surface area (Å²) in [4.78, 5) is 34.7.